The van der Waals surface area contributed by atoms with Gasteiger partial charge in [0.25, 0.3) is 5.56 Å². The zero-order valence-corrected chi connectivity index (χ0v) is 10.1. The monoisotopic (exact) mass is 260 g/mol. The van der Waals surface area contributed by atoms with Gasteiger partial charge in [0.15, 0.2) is 11.5 Å². The Balaban J connectivity index is 2.16. The van der Waals surface area contributed by atoms with E-state index in [0.717, 1.165) is 0 Å². The van der Waals surface area contributed by atoms with E-state index in [2.05, 4.69) is 20.5 Å². The molecule has 0 saturated heterocycles. The number of nitrogens with one attached hydrogen (secondary N) is 2. The summed E-state index contributed by atoms with van der Waals surface area (Å²) in [5, 5.41) is 22.7. The van der Waals surface area contributed by atoms with Gasteiger partial charge in [0, 0.05) is 17.3 Å². The molecule has 1 aromatic carbocycles. The first-order valence-electron chi connectivity index (χ1n) is 5.44. The van der Waals surface area contributed by atoms with Gasteiger partial charge in [-0.2, -0.15) is 5.10 Å². The van der Waals surface area contributed by atoms with Crippen molar-refractivity contribution in [3.05, 3.63) is 45.9 Å². The molecule has 19 heavy (non-hydrogen) atoms. The van der Waals surface area contributed by atoms with Gasteiger partial charge in [0.05, 0.1) is 6.21 Å². The Labute approximate surface area is 108 Å². The van der Waals surface area contributed by atoms with Crippen LogP contribution >= 0.6 is 0 Å². The van der Waals surface area contributed by atoms with Crippen LogP contribution in [0.2, 0.25) is 0 Å². The van der Waals surface area contributed by atoms with Crippen molar-refractivity contribution in [1.29, 1.82) is 0 Å². The molecule has 0 aliphatic rings. The van der Waals surface area contributed by atoms with Gasteiger partial charge in [-0.3, -0.25) is 9.78 Å². The van der Waals surface area contributed by atoms with Gasteiger partial charge in [-0.1, -0.05) is 6.07 Å². The fraction of sp³-hybridized carbons (Fsp3) is 0.0833. The van der Waals surface area contributed by atoms with E-state index in [-0.39, 0.29) is 23.0 Å². The van der Waals surface area contributed by atoms with Gasteiger partial charge < -0.3 is 10.2 Å². The van der Waals surface area contributed by atoms with E-state index in [0.29, 0.717) is 11.3 Å². The summed E-state index contributed by atoms with van der Waals surface area (Å²) in [7, 11) is 0. The second kappa shape index (κ2) is 5.21. The Bertz CT molecular complexity index is 679. The smallest absolute Gasteiger partial charge is 0.252 e. The second-order valence-corrected chi connectivity index (χ2v) is 3.82. The number of hydrazone groups is 1. The zero-order valence-electron chi connectivity index (χ0n) is 10.1. The third-order valence-electron chi connectivity index (χ3n) is 2.29. The number of aromatic hydroxyl groups is 2. The zero-order chi connectivity index (χ0) is 13.8. The van der Waals surface area contributed by atoms with Gasteiger partial charge in [-0.05, 0) is 19.1 Å². The number of hydrogen-bond acceptors (Lipinski definition) is 6. The second-order valence-electron chi connectivity index (χ2n) is 3.82. The SMILES string of the molecule is Cc1cc(=O)[nH]c(N/N=C/c2cccc(O)c2O)n1. The van der Waals surface area contributed by atoms with Gasteiger partial charge in [0.1, 0.15) is 0 Å². The molecule has 4 N–H and O–H groups in total. The van der Waals surface area contributed by atoms with Crippen LogP contribution in [0.15, 0.2) is 34.2 Å². The molecular weight excluding hydrogens is 248 g/mol. The van der Waals surface area contributed by atoms with Gasteiger partial charge in [-0.15, -0.1) is 0 Å². The number of hydrogen-bond donors (Lipinski definition) is 4. The molecule has 0 unspecified atom stereocenters. The Kier molecular flexibility index (Phi) is 3.46. The highest BCUT2D eigenvalue weighted by atomic mass is 16.3. The summed E-state index contributed by atoms with van der Waals surface area (Å²) < 4.78 is 0. The summed E-state index contributed by atoms with van der Waals surface area (Å²) in [5.41, 5.74) is 3.14. The number of nitrogens with zero attached hydrogens (tertiary/aromatic N) is 2. The van der Waals surface area contributed by atoms with Crippen LogP contribution in [0.5, 0.6) is 11.5 Å². The lowest BCUT2D eigenvalue weighted by molar-refractivity contribution is 0.403. The molecule has 0 spiro atoms. The summed E-state index contributed by atoms with van der Waals surface area (Å²) in [4.78, 5) is 17.7. The highest BCUT2D eigenvalue weighted by Gasteiger charge is 2.02. The lowest BCUT2D eigenvalue weighted by Gasteiger charge is -2.01. The lowest BCUT2D eigenvalue weighted by Crippen LogP contribution is -2.10. The molecule has 0 aliphatic carbocycles. The van der Waals surface area contributed by atoms with Gasteiger partial charge >= 0.3 is 0 Å². The van der Waals surface area contributed by atoms with Crippen molar-refractivity contribution in [1.82, 2.24) is 9.97 Å². The van der Waals surface area contributed by atoms with Crippen LogP contribution in [0.3, 0.4) is 0 Å². The molecule has 7 nitrogen and oxygen atoms in total. The van der Waals surface area contributed by atoms with Gasteiger partial charge in [-0.25, -0.2) is 10.4 Å². The number of phenols is 2. The summed E-state index contributed by atoms with van der Waals surface area (Å²) in [6.45, 7) is 1.69. The maximum Gasteiger partial charge on any atom is 0.252 e. The molecule has 1 aromatic heterocycles. The minimum Gasteiger partial charge on any atom is -0.504 e. The molecule has 7 heteroatoms. The number of H-pyrrole nitrogens is 1. The first-order valence-corrected chi connectivity index (χ1v) is 5.44. The third kappa shape index (κ3) is 3.09. The van der Waals surface area contributed by atoms with E-state index in [9.17, 15) is 15.0 Å². The average molecular weight is 260 g/mol. The molecule has 0 bridgehead atoms. The topological polar surface area (TPSA) is 111 Å². The van der Waals surface area contributed by atoms with Crippen LogP contribution in [-0.2, 0) is 0 Å². The van der Waals surface area contributed by atoms with Crippen molar-refractivity contribution in [3.63, 3.8) is 0 Å². The van der Waals surface area contributed by atoms with Crippen LogP contribution in [0.1, 0.15) is 11.3 Å². The van der Waals surface area contributed by atoms with Crippen LogP contribution in [0, 0.1) is 6.92 Å². The molecule has 0 atom stereocenters. The predicted molar refractivity (Wildman–Crippen MR) is 70.6 cm³/mol. The molecule has 0 aliphatic heterocycles. The molecule has 1 heterocycles. The highest BCUT2D eigenvalue weighted by Crippen LogP contribution is 2.26. The number of rotatable bonds is 3. The Morgan fingerprint density at radius 3 is 2.95 bits per heavy atom. The molecule has 0 radical (unpaired) electrons. The molecule has 0 amide bonds. The van der Waals surface area contributed by atoms with Crippen LogP contribution in [0.4, 0.5) is 5.95 Å². The predicted octanol–water partition coefficient (Wildman–Crippen LogP) is 0.936. The maximum absolute atomic E-state index is 11.2. The number of aromatic amines is 1. The molecule has 2 rings (SSSR count). The number of aryl methyl sites for hydroxylation is 1. The molecular formula is C12H12N4O3. The molecule has 0 saturated carbocycles. The fourth-order valence-electron chi connectivity index (χ4n) is 1.45. The van der Waals surface area contributed by atoms with E-state index >= 15 is 0 Å². The van der Waals surface area contributed by atoms with E-state index < -0.39 is 0 Å². The van der Waals surface area contributed by atoms with E-state index in [4.69, 9.17) is 0 Å². The van der Waals surface area contributed by atoms with Crippen molar-refractivity contribution in [3.8, 4) is 11.5 Å². The number of para-hydroxylation sites is 1. The maximum atomic E-state index is 11.2. The van der Waals surface area contributed by atoms with Crippen LogP contribution in [0.25, 0.3) is 0 Å². The summed E-state index contributed by atoms with van der Waals surface area (Å²) >= 11 is 0. The lowest BCUT2D eigenvalue weighted by atomic mass is 10.2. The van der Waals surface area contributed by atoms with E-state index in [1.165, 1.54) is 18.3 Å². The number of benzene rings is 1. The van der Waals surface area contributed by atoms with Crippen molar-refractivity contribution < 1.29 is 10.2 Å². The van der Waals surface area contributed by atoms with Crippen molar-refractivity contribution in [2.24, 2.45) is 5.10 Å². The van der Waals surface area contributed by atoms with Crippen LogP contribution < -0.4 is 11.0 Å². The van der Waals surface area contributed by atoms with Crippen LogP contribution in [-0.4, -0.2) is 26.4 Å². The molecule has 0 fully saturated rings. The summed E-state index contributed by atoms with van der Waals surface area (Å²) in [6.07, 6.45) is 1.30. The van der Waals surface area contributed by atoms with E-state index in [1.807, 2.05) is 0 Å². The number of phenolic OH excluding ortho intramolecular Hbond substituents is 2. The Morgan fingerprint density at radius 1 is 1.42 bits per heavy atom. The Hall–Kier alpha value is -2.83. The minimum absolute atomic E-state index is 0.195. The fourth-order valence-corrected chi connectivity index (χ4v) is 1.45. The third-order valence-corrected chi connectivity index (χ3v) is 2.29. The number of anilines is 1. The van der Waals surface area contributed by atoms with Crippen molar-refractivity contribution in [2.45, 2.75) is 6.92 Å². The molecule has 98 valence electrons. The normalized spacial score (nSPS) is 10.8. The number of aromatic nitrogens is 2. The summed E-state index contributed by atoms with van der Waals surface area (Å²) in [5.74, 6) is -0.300. The quantitative estimate of drug-likeness (QED) is 0.373. The van der Waals surface area contributed by atoms with E-state index in [1.54, 1.807) is 19.1 Å². The molecule has 2 aromatic rings. The standard InChI is InChI=1S/C12H12N4O3/c1-7-5-10(18)15-12(14-7)16-13-6-8-3-2-4-9(17)11(8)19/h2-6,17,19H,1H3,(H2,14,15,16,18)/b13-6+. The minimum atomic E-state index is -0.287. The average Bonchev–Trinajstić information content (AvgIpc) is 2.33. The van der Waals surface area contributed by atoms with Gasteiger partial charge in [0.2, 0.25) is 5.95 Å². The first kappa shape index (κ1) is 12.6. The van der Waals surface area contributed by atoms with Crippen molar-refractivity contribution in [2.75, 3.05) is 5.43 Å². The largest absolute Gasteiger partial charge is 0.504 e. The highest BCUT2D eigenvalue weighted by molar-refractivity contribution is 5.85. The first-order chi connectivity index (χ1) is 9.06. The van der Waals surface area contributed by atoms with Crippen molar-refractivity contribution >= 4 is 12.2 Å². The Morgan fingerprint density at radius 2 is 2.21 bits per heavy atom. The summed E-state index contributed by atoms with van der Waals surface area (Å²) in [6, 6.07) is 5.87.